The second-order valence-electron chi connectivity index (χ2n) is 11.2. The van der Waals surface area contributed by atoms with Crippen molar-refractivity contribution in [1.29, 1.82) is 0 Å². The number of hydrogen-bond acceptors (Lipinski definition) is 6. The van der Waals surface area contributed by atoms with Crippen molar-refractivity contribution in [3.8, 4) is 16.9 Å². The molecule has 1 heterocycles. The summed E-state index contributed by atoms with van der Waals surface area (Å²) >= 11 is 1.72. The summed E-state index contributed by atoms with van der Waals surface area (Å²) < 4.78 is 18.8. The highest BCUT2D eigenvalue weighted by molar-refractivity contribution is 7.99. The SMILES string of the molecule is COc1ccccc1SCC1CC(c2ccc(CO)cc2)OC(c2cccc(-c3cccc(CNC(=O)c4ccccc4)c3)c2)O1. The Kier molecular flexibility index (Phi) is 10.5. The summed E-state index contributed by atoms with van der Waals surface area (Å²) in [5, 5.41) is 12.6. The zero-order chi connectivity index (χ0) is 31.7. The molecule has 7 heteroatoms. The monoisotopic (exact) mass is 631 g/mol. The third-order valence-corrected chi connectivity index (χ3v) is 9.20. The van der Waals surface area contributed by atoms with Crippen molar-refractivity contribution in [1.82, 2.24) is 5.32 Å². The number of methoxy groups -OCH3 is 1. The van der Waals surface area contributed by atoms with Gasteiger partial charge in [-0.05, 0) is 64.2 Å². The van der Waals surface area contributed by atoms with Crippen LogP contribution in [-0.4, -0.2) is 30.0 Å². The molecule has 0 aromatic heterocycles. The number of carbonyl (C=O) groups excluding carboxylic acids is 1. The van der Waals surface area contributed by atoms with Gasteiger partial charge in [0.15, 0.2) is 6.29 Å². The number of aliphatic hydroxyl groups excluding tert-OH is 1. The molecule has 6 nitrogen and oxygen atoms in total. The average Bonchev–Trinajstić information content (AvgIpc) is 3.13. The van der Waals surface area contributed by atoms with Gasteiger partial charge in [-0.2, -0.15) is 0 Å². The summed E-state index contributed by atoms with van der Waals surface area (Å²) in [4.78, 5) is 13.7. The zero-order valence-electron chi connectivity index (χ0n) is 25.7. The van der Waals surface area contributed by atoms with Gasteiger partial charge in [0.25, 0.3) is 5.91 Å². The first-order valence-electron chi connectivity index (χ1n) is 15.4. The second kappa shape index (κ2) is 15.3. The number of nitrogens with one attached hydrogen (secondary N) is 1. The number of para-hydroxylation sites is 1. The largest absolute Gasteiger partial charge is 0.496 e. The van der Waals surface area contributed by atoms with Crippen molar-refractivity contribution in [2.24, 2.45) is 0 Å². The molecule has 1 aliphatic rings. The normalized spacial score (nSPS) is 17.7. The van der Waals surface area contributed by atoms with Gasteiger partial charge in [0.05, 0.1) is 25.9 Å². The molecule has 1 fully saturated rings. The van der Waals surface area contributed by atoms with Crippen LogP contribution in [0.5, 0.6) is 5.75 Å². The van der Waals surface area contributed by atoms with Crippen LogP contribution in [0, 0.1) is 0 Å². The molecule has 0 aliphatic carbocycles. The lowest BCUT2D eigenvalue weighted by molar-refractivity contribution is -0.245. The van der Waals surface area contributed by atoms with Crippen molar-refractivity contribution in [2.75, 3.05) is 12.9 Å². The number of benzene rings is 5. The van der Waals surface area contributed by atoms with Gasteiger partial charge in [0, 0.05) is 34.7 Å². The first-order chi connectivity index (χ1) is 22.6. The van der Waals surface area contributed by atoms with Gasteiger partial charge in [0.2, 0.25) is 0 Å². The van der Waals surface area contributed by atoms with E-state index in [1.165, 1.54) is 0 Å². The molecule has 5 aromatic rings. The molecule has 2 N–H and O–H groups in total. The van der Waals surface area contributed by atoms with Crippen LogP contribution in [0.1, 0.15) is 51.4 Å². The summed E-state index contributed by atoms with van der Waals surface area (Å²) in [5.74, 6) is 1.49. The van der Waals surface area contributed by atoms with E-state index in [1.807, 2.05) is 97.1 Å². The zero-order valence-corrected chi connectivity index (χ0v) is 26.5. The van der Waals surface area contributed by atoms with Crippen molar-refractivity contribution in [3.05, 3.63) is 155 Å². The van der Waals surface area contributed by atoms with Crippen LogP contribution in [-0.2, 0) is 22.6 Å². The maximum atomic E-state index is 12.6. The predicted molar refractivity (Wildman–Crippen MR) is 182 cm³/mol. The van der Waals surface area contributed by atoms with E-state index < -0.39 is 6.29 Å². The van der Waals surface area contributed by atoms with E-state index in [0.29, 0.717) is 18.5 Å². The van der Waals surface area contributed by atoms with Crippen LogP contribution in [0.4, 0.5) is 0 Å². The van der Waals surface area contributed by atoms with E-state index in [0.717, 1.165) is 49.8 Å². The topological polar surface area (TPSA) is 77.0 Å². The van der Waals surface area contributed by atoms with Gasteiger partial charge in [-0.25, -0.2) is 0 Å². The molecule has 3 atom stereocenters. The molecule has 1 saturated heterocycles. The summed E-state index contributed by atoms with van der Waals surface area (Å²) in [7, 11) is 1.69. The quantitative estimate of drug-likeness (QED) is 0.143. The number of carbonyl (C=O) groups is 1. The van der Waals surface area contributed by atoms with Gasteiger partial charge in [-0.15, -0.1) is 11.8 Å². The molecule has 46 heavy (non-hydrogen) atoms. The molecular weight excluding hydrogens is 594 g/mol. The minimum Gasteiger partial charge on any atom is -0.496 e. The molecule has 1 amide bonds. The molecule has 234 valence electrons. The van der Waals surface area contributed by atoms with E-state index >= 15 is 0 Å². The fourth-order valence-electron chi connectivity index (χ4n) is 5.54. The number of hydrogen-bond donors (Lipinski definition) is 2. The maximum absolute atomic E-state index is 12.6. The fraction of sp³-hybridized carbons (Fsp3) is 0.205. The van der Waals surface area contributed by atoms with Gasteiger partial charge < -0.3 is 24.6 Å². The Morgan fingerprint density at radius 2 is 1.54 bits per heavy atom. The lowest BCUT2D eigenvalue weighted by Crippen LogP contribution is -2.31. The van der Waals surface area contributed by atoms with E-state index in [1.54, 1.807) is 18.9 Å². The number of thioether (sulfide) groups is 1. The Hall–Kier alpha value is -4.40. The number of ether oxygens (including phenoxy) is 3. The molecule has 6 rings (SSSR count). The first kappa shape index (κ1) is 31.6. The van der Waals surface area contributed by atoms with Crippen molar-refractivity contribution >= 4 is 17.7 Å². The van der Waals surface area contributed by atoms with E-state index in [4.69, 9.17) is 14.2 Å². The number of amides is 1. The molecule has 0 radical (unpaired) electrons. The molecule has 1 aliphatic heterocycles. The first-order valence-corrected chi connectivity index (χ1v) is 16.4. The summed E-state index contributed by atoms with van der Waals surface area (Å²) in [5.41, 5.74) is 6.59. The van der Waals surface area contributed by atoms with Crippen LogP contribution >= 0.6 is 11.8 Å². The lowest BCUT2D eigenvalue weighted by Gasteiger charge is -2.36. The van der Waals surface area contributed by atoms with Crippen molar-refractivity contribution in [2.45, 2.75) is 43.0 Å². The van der Waals surface area contributed by atoms with Crippen LogP contribution in [0.15, 0.2) is 132 Å². The molecule has 0 saturated carbocycles. The maximum Gasteiger partial charge on any atom is 0.251 e. The highest BCUT2D eigenvalue weighted by atomic mass is 32.2. The minimum absolute atomic E-state index is 0.00308. The van der Waals surface area contributed by atoms with Gasteiger partial charge in [0.1, 0.15) is 5.75 Å². The van der Waals surface area contributed by atoms with Crippen molar-refractivity contribution < 1.29 is 24.1 Å². The van der Waals surface area contributed by atoms with Crippen LogP contribution in [0.3, 0.4) is 0 Å². The summed E-state index contributed by atoms with van der Waals surface area (Å²) in [6.07, 6.45) is -0.104. The van der Waals surface area contributed by atoms with Crippen molar-refractivity contribution in [3.63, 3.8) is 0 Å². The Bertz CT molecular complexity index is 1740. The minimum atomic E-state index is -0.562. The highest BCUT2D eigenvalue weighted by Crippen LogP contribution is 2.41. The van der Waals surface area contributed by atoms with E-state index in [2.05, 4.69) is 35.6 Å². The molecule has 3 unspecified atom stereocenters. The van der Waals surface area contributed by atoms with Crippen LogP contribution in [0.25, 0.3) is 11.1 Å². The third-order valence-electron chi connectivity index (χ3n) is 8.02. The smallest absolute Gasteiger partial charge is 0.251 e. The predicted octanol–water partition coefficient (Wildman–Crippen LogP) is 8.12. The number of rotatable bonds is 11. The second-order valence-corrected chi connectivity index (χ2v) is 12.2. The Balaban J connectivity index is 1.20. The molecule has 0 bridgehead atoms. The Labute approximate surface area is 274 Å². The average molecular weight is 632 g/mol. The molecular formula is C39H37NO5S. The van der Waals surface area contributed by atoms with Crippen LogP contribution in [0.2, 0.25) is 0 Å². The standard InChI is InChI=1S/C39H37NO5S/c1-43-35-15-5-6-16-37(35)46-26-34-23-36(29-19-17-27(25-41)18-20-29)45-39(44-34)33-14-8-13-32(22-33)31-12-7-9-28(21-31)24-40-38(42)30-10-3-2-4-11-30/h2-22,34,36,39,41H,23-26H2,1H3,(H,40,42). The van der Waals surface area contributed by atoms with Gasteiger partial charge >= 0.3 is 0 Å². The van der Waals surface area contributed by atoms with E-state index in [9.17, 15) is 9.90 Å². The van der Waals surface area contributed by atoms with E-state index in [-0.39, 0.29) is 24.7 Å². The fourth-order valence-corrected chi connectivity index (χ4v) is 6.59. The highest BCUT2D eigenvalue weighted by Gasteiger charge is 2.32. The lowest BCUT2D eigenvalue weighted by atomic mass is 9.99. The summed E-state index contributed by atoms with van der Waals surface area (Å²) in [6.45, 7) is 0.432. The summed E-state index contributed by atoms with van der Waals surface area (Å²) in [6, 6.07) is 41.7. The Morgan fingerprint density at radius 1 is 0.804 bits per heavy atom. The molecule has 0 spiro atoms. The molecule has 5 aromatic carbocycles. The van der Waals surface area contributed by atoms with Crippen LogP contribution < -0.4 is 10.1 Å². The third kappa shape index (κ3) is 7.87. The Morgan fingerprint density at radius 3 is 2.33 bits per heavy atom. The van der Waals surface area contributed by atoms with Gasteiger partial charge in [-0.1, -0.05) is 91.0 Å². The number of aliphatic hydroxyl groups is 1. The van der Waals surface area contributed by atoms with Gasteiger partial charge in [-0.3, -0.25) is 4.79 Å².